The SMILES string of the molecule is Cc1cc2c(nn1)CCN2C. The molecule has 0 fully saturated rings. The van der Waals surface area contributed by atoms with Gasteiger partial charge in [0.25, 0.3) is 0 Å². The van der Waals surface area contributed by atoms with E-state index in [0.717, 1.165) is 24.4 Å². The smallest absolute Gasteiger partial charge is 0.0881 e. The Balaban J connectivity index is 2.52. The third-order valence-electron chi connectivity index (χ3n) is 2.06. The molecule has 0 aromatic carbocycles. The molecule has 1 aliphatic heterocycles. The maximum Gasteiger partial charge on any atom is 0.0881 e. The molecule has 0 unspecified atom stereocenters. The Hall–Kier alpha value is -1.12. The first kappa shape index (κ1) is 6.58. The van der Waals surface area contributed by atoms with E-state index in [1.807, 2.05) is 6.92 Å². The van der Waals surface area contributed by atoms with Gasteiger partial charge in [-0.3, -0.25) is 0 Å². The van der Waals surface area contributed by atoms with Crippen molar-refractivity contribution in [1.29, 1.82) is 0 Å². The predicted octanol–water partition coefficient (Wildman–Crippen LogP) is 0.777. The van der Waals surface area contributed by atoms with Gasteiger partial charge >= 0.3 is 0 Å². The molecule has 0 spiro atoms. The number of hydrogen-bond acceptors (Lipinski definition) is 3. The van der Waals surface area contributed by atoms with Crippen molar-refractivity contribution >= 4 is 5.69 Å². The summed E-state index contributed by atoms with van der Waals surface area (Å²) in [4.78, 5) is 2.22. The van der Waals surface area contributed by atoms with E-state index in [1.165, 1.54) is 5.69 Å². The summed E-state index contributed by atoms with van der Waals surface area (Å²) in [5, 5.41) is 8.13. The van der Waals surface area contributed by atoms with Crippen LogP contribution in [0.5, 0.6) is 0 Å². The molecule has 0 bridgehead atoms. The van der Waals surface area contributed by atoms with Crippen LogP contribution in [-0.2, 0) is 6.42 Å². The minimum absolute atomic E-state index is 0.998. The molecule has 2 rings (SSSR count). The van der Waals surface area contributed by atoms with Gasteiger partial charge in [-0.15, -0.1) is 0 Å². The molecular weight excluding hydrogens is 138 g/mol. The van der Waals surface area contributed by atoms with E-state index >= 15 is 0 Å². The van der Waals surface area contributed by atoms with E-state index in [-0.39, 0.29) is 0 Å². The summed E-state index contributed by atoms with van der Waals surface area (Å²) < 4.78 is 0. The first-order valence-electron chi connectivity index (χ1n) is 3.82. The lowest BCUT2D eigenvalue weighted by Gasteiger charge is -2.10. The summed E-state index contributed by atoms with van der Waals surface area (Å²) in [5.74, 6) is 0. The number of aromatic nitrogens is 2. The van der Waals surface area contributed by atoms with Crippen LogP contribution >= 0.6 is 0 Å². The zero-order valence-electron chi connectivity index (χ0n) is 6.83. The standard InChI is InChI=1S/C8H11N3/c1-6-5-8-7(10-9-6)3-4-11(8)2/h5H,3-4H2,1-2H3. The van der Waals surface area contributed by atoms with Crippen molar-refractivity contribution in [3.05, 3.63) is 17.5 Å². The number of rotatable bonds is 0. The van der Waals surface area contributed by atoms with Crippen LogP contribution in [0.3, 0.4) is 0 Å². The molecule has 1 aromatic heterocycles. The topological polar surface area (TPSA) is 29.0 Å². The fourth-order valence-corrected chi connectivity index (χ4v) is 1.40. The van der Waals surface area contributed by atoms with Crippen LogP contribution in [0.15, 0.2) is 6.07 Å². The Morgan fingerprint density at radius 2 is 2.27 bits per heavy atom. The highest BCUT2D eigenvalue weighted by atomic mass is 15.2. The lowest BCUT2D eigenvalue weighted by Crippen LogP contribution is -2.12. The summed E-state index contributed by atoms with van der Waals surface area (Å²) >= 11 is 0. The Bertz CT molecular complexity index is 283. The molecule has 3 heteroatoms. The highest BCUT2D eigenvalue weighted by molar-refractivity contribution is 5.54. The van der Waals surface area contributed by atoms with E-state index in [9.17, 15) is 0 Å². The second-order valence-corrected chi connectivity index (χ2v) is 2.99. The van der Waals surface area contributed by atoms with Gasteiger partial charge in [-0.1, -0.05) is 0 Å². The first-order valence-corrected chi connectivity index (χ1v) is 3.82. The molecule has 1 aromatic rings. The second kappa shape index (κ2) is 2.19. The zero-order valence-corrected chi connectivity index (χ0v) is 6.83. The van der Waals surface area contributed by atoms with Crippen molar-refractivity contribution in [2.75, 3.05) is 18.5 Å². The Morgan fingerprint density at radius 3 is 3.09 bits per heavy atom. The van der Waals surface area contributed by atoms with E-state index in [0.29, 0.717) is 0 Å². The predicted molar refractivity (Wildman–Crippen MR) is 43.7 cm³/mol. The average Bonchev–Trinajstić information content (AvgIpc) is 2.33. The molecule has 0 saturated heterocycles. The minimum atomic E-state index is 0.998. The van der Waals surface area contributed by atoms with E-state index in [1.54, 1.807) is 0 Å². The van der Waals surface area contributed by atoms with Gasteiger partial charge < -0.3 is 4.90 Å². The molecule has 11 heavy (non-hydrogen) atoms. The van der Waals surface area contributed by atoms with Crippen LogP contribution in [0, 0.1) is 6.92 Å². The highest BCUT2D eigenvalue weighted by Crippen LogP contribution is 2.23. The number of nitrogens with zero attached hydrogens (tertiary/aromatic N) is 3. The second-order valence-electron chi connectivity index (χ2n) is 2.99. The molecule has 1 aliphatic rings. The summed E-state index contributed by atoms with van der Waals surface area (Å²) in [6, 6.07) is 2.09. The van der Waals surface area contributed by atoms with Crippen molar-refractivity contribution in [3.8, 4) is 0 Å². The van der Waals surface area contributed by atoms with Gasteiger partial charge in [-0.2, -0.15) is 10.2 Å². The molecule has 0 radical (unpaired) electrons. The van der Waals surface area contributed by atoms with Gasteiger partial charge in [0.1, 0.15) is 0 Å². The van der Waals surface area contributed by atoms with Crippen molar-refractivity contribution in [1.82, 2.24) is 10.2 Å². The first-order chi connectivity index (χ1) is 5.27. The van der Waals surface area contributed by atoms with E-state index < -0.39 is 0 Å². The van der Waals surface area contributed by atoms with Gasteiger partial charge in [0, 0.05) is 20.0 Å². The molecule has 0 N–H and O–H groups in total. The number of hydrogen-bond donors (Lipinski definition) is 0. The van der Waals surface area contributed by atoms with Gasteiger partial charge in [0.15, 0.2) is 0 Å². The van der Waals surface area contributed by atoms with Crippen LogP contribution in [0.1, 0.15) is 11.4 Å². The molecule has 0 amide bonds. The summed E-state index contributed by atoms with van der Waals surface area (Å²) in [6.45, 7) is 3.05. The Kier molecular flexibility index (Phi) is 1.31. The summed E-state index contributed by atoms with van der Waals surface area (Å²) in [6.07, 6.45) is 1.04. The lowest BCUT2D eigenvalue weighted by molar-refractivity contribution is 0.902. The number of anilines is 1. The molecular formula is C8H11N3. The molecule has 0 aliphatic carbocycles. The third-order valence-corrected chi connectivity index (χ3v) is 2.06. The minimum Gasteiger partial charge on any atom is -0.373 e. The van der Waals surface area contributed by atoms with Crippen molar-refractivity contribution < 1.29 is 0 Å². The maximum atomic E-state index is 4.12. The molecule has 58 valence electrons. The third kappa shape index (κ3) is 0.964. The van der Waals surface area contributed by atoms with Crippen LogP contribution in [0.25, 0.3) is 0 Å². The van der Waals surface area contributed by atoms with Crippen LogP contribution in [-0.4, -0.2) is 23.8 Å². The molecule has 0 atom stereocenters. The van der Waals surface area contributed by atoms with Crippen molar-refractivity contribution in [2.45, 2.75) is 13.3 Å². The van der Waals surface area contributed by atoms with E-state index in [4.69, 9.17) is 0 Å². The fraction of sp³-hybridized carbons (Fsp3) is 0.500. The van der Waals surface area contributed by atoms with Crippen molar-refractivity contribution in [3.63, 3.8) is 0 Å². The Labute approximate surface area is 66.1 Å². The average molecular weight is 149 g/mol. The number of fused-ring (bicyclic) bond motifs is 1. The highest BCUT2D eigenvalue weighted by Gasteiger charge is 2.16. The van der Waals surface area contributed by atoms with Crippen molar-refractivity contribution in [2.24, 2.45) is 0 Å². The quantitative estimate of drug-likeness (QED) is 0.545. The van der Waals surface area contributed by atoms with Crippen LogP contribution in [0.4, 0.5) is 5.69 Å². The molecule has 2 heterocycles. The fourth-order valence-electron chi connectivity index (χ4n) is 1.40. The lowest BCUT2D eigenvalue weighted by atomic mass is 10.3. The Morgan fingerprint density at radius 1 is 1.45 bits per heavy atom. The number of aryl methyl sites for hydroxylation is 1. The normalized spacial score (nSPS) is 15.3. The van der Waals surface area contributed by atoms with E-state index in [2.05, 4.69) is 28.2 Å². The number of likely N-dealkylation sites (N-methyl/N-ethyl adjacent to an activating group) is 1. The van der Waals surface area contributed by atoms with Crippen LogP contribution in [0.2, 0.25) is 0 Å². The van der Waals surface area contributed by atoms with Crippen LogP contribution < -0.4 is 4.90 Å². The van der Waals surface area contributed by atoms with Gasteiger partial charge in [0.05, 0.1) is 17.1 Å². The van der Waals surface area contributed by atoms with Gasteiger partial charge in [-0.05, 0) is 13.0 Å². The monoisotopic (exact) mass is 149 g/mol. The summed E-state index contributed by atoms with van der Waals surface area (Å²) in [7, 11) is 2.09. The molecule has 0 saturated carbocycles. The largest absolute Gasteiger partial charge is 0.373 e. The molecule has 3 nitrogen and oxygen atoms in total. The van der Waals surface area contributed by atoms with Gasteiger partial charge in [-0.25, -0.2) is 0 Å². The zero-order chi connectivity index (χ0) is 7.84. The van der Waals surface area contributed by atoms with Gasteiger partial charge in [0.2, 0.25) is 0 Å². The summed E-state index contributed by atoms with van der Waals surface area (Å²) in [5.41, 5.74) is 3.38. The maximum absolute atomic E-state index is 4.12.